The van der Waals surface area contributed by atoms with Gasteiger partial charge in [0, 0.05) is 24.0 Å². The number of aromatic carboxylic acids is 1. The van der Waals surface area contributed by atoms with Gasteiger partial charge in [0.15, 0.2) is 5.82 Å². The molecule has 0 fully saturated rings. The maximum Gasteiger partial charge on any atom is 0.339 e. The topological polar surface area (TPSA) is 80.9 Å². The average Bonchev–Trinajstić information content (AvgIpc) is 3.08. The quantitative estimate of drug-likeness (QED) is 0.938. The van der Waals surface area contributed by atoms with E-state index in [0.717, 1.165) is 24.9 Å². The second-order valence-corrected chi connectivity index (χ2v) is 5.69. The molecule has 2 aromatic rings. The number of nitrogens with zero attached hydrogens (tertiary/aromatic N) is 4. The number of carboxylic acid groups (broad SMARTS) is 1. The first-order valence-electron chi connectivity index (χ1n) is 7.39. The number of hydrogen-bond acceptors (Lipinski definition) is 4. The molecule has 2 aromatic heterocycles. The second-order valence-electron chi connectivity index (χ2n) is 5.69. The van der Waals surface area contributed by atoms with Crippen molar-refractivity contribution < 1.29 is 9.90 Å². The number of rotatable bonds is 4. The molecule has 0 amide bonds. The maximum absolute atomic E-state index is 11.2. The van der Waals surface area contributed by atoms with Gasteiger partial charge < -0.3 is 5.11 Å². The van der Waals surface area contributed by atoms with Gasteiger partial charge in [0.05, 0.1) is 17.5 Å². The lowest BCUT2D eigenvalue weighted by Crippen LogP contribution is -2.08. The Morgan fingerprint density at radius 2 is 2.18 bits per heavy atom. The summed E-state index contributed by atoms with van der Waals surface area (Å²) in [5.74, 6) is -0.443. The summed E-state index contributed by atoms with van der Waals surface area (Å²) >= 11 is 0. The SMILES string of the molecule is CC(C)c1nc(/C=C/c2cnn3c2CCC3)ncc1C(=O)O. The fourth-order valence-electron chi connectivity index (χ4n) is 2.69. The average molecular weight is 298 g/mol. The van der Waals surface area contributed by atoms with E-state index in [4.69, 9.17) is 0 Å². The van der Waals surface area contributed by atoms with E-state index >= 15 is 0 Å². The predicted octanol–water partition coefficient (Wildman–Crippen LogP) is 2.61. The lowest BCUT2D eigenvalue weighted by molar-refractivity contribution is 0.0694. The number of carboxylic acids is 1. The van der Waals surface area contributed by atoms with Crippen LogP contribution in [0.4, 0.5) is 0 Å². The molecule has 0 saturated heterocycles. The standard InChI is InChI=1S/C16H18N4O2/c1-10(2)15-12(16(21)22)9-17-14(19-15)6-5-11-8-18-20-7-3-4-13(11)20/h5-6,8-10H,3-4,7H2,1-2H3,(H,21,22)/b6-5+. The molecule has 0 bridgehead atoms. The molecule has 0 saturated carbocycles. The van der Waals surface area contributed by atoms with E-state index in [1.54, 1.807) is 0 Å². The normalized spacial score (nSPS) is 14.0. The van der Waals surface area contributed by atoms with Gasteiger partial charge in [-0.15, -0.1) is 0 Å². The minimum atomic E-state index is -0.992. The zero-order valence-electron chi connectivity index (χ0n) is 12.7. The Labute approximate surface area is 128 Å². The van der Waals surface area contributed by atoms with Crippen LogP contribution < -0.4 is 0 Å². The molecule has 0 radical (unpaired) electrons. The minimum absolute atomic E-state index is 0.0293. The van der Waals surface area contributed by atoms with Gasteiger partial charge in [-0.1, -0.05) is 13.8 Å². The molecule has 6 heteroatoms. The molecule has 6 nitrogen and oxygen atoms in total. The summed E-state index contributed by atoms with van der Waals surface area (Å²) in [6.07, 6.45) is 9.16. The molecular formula is C16H18N4O2. The van der Waals surface area contributed by atoms with Gasteiger partial charge in [-0.2, -0.15) is 5.10 Å². The molecule has 1 aliphatic heterocycles. The lowest BCUT2D eigenvalue weighted by Gasteiger charge is -2.08. The molecule has 1 N–H and O–H groups in total. The number of hydrogen-bond donors (Lipinski definition) is 1. The highest BCUT2D eigenvalue weighted by atomic mass is 16.4. The van der Waals surface area contributed by atoms with Crippen LogP contribution in [0.25, 0.3) is 12.2 Å². The van der Waals surface area contributed by atoms with Gasteiger partial charge in [0.25, 0.3) is 0 Å². The Bertz CT molecular complexity index is 747. The van der Waals surface area contributed by atoms with Gasteiger partial charge in [-0.3, -0.25) is 4.68 Å². The zero-order valence-corrected chi connectivity index (χ0v) is 12.7. The van der Waals surface area contributed by atoms with Crippen LogP contribution in [-0.4, -0.2) is 30.8 Å². The molecule has 22 heavy (non-hydrogen) atoms. The molecule has 114 valence electrons. The fraction of sp³-hybridized carbons (Fsp3) is 0.375. The highest BCUT2D eigenvalue weighted by Crippen LogP contribution is 2.21. The van der Waals surface area contributed by atoms with Gasteiger partial charge in [-0.05, 0) is 30.9 Å². The largest absolute Gasteiger partial charge is 0.478 e. The summed E-state index contributed by atoms with van der Waals surface area (Å²) in [5.41, 5.74) is 3.04. The van der Waals surface area contributed by atoms with E-state index in [0.29, 0.717) is 11.5 Å². The predicted molar refractivity (Wildman–Crippen MR) is 82.6 cm³/mol. The molecular weight excluding hydrogens is 280 g/mol. The molecule has 0 atom stereocenters. The van der Waals surface area contributed by atoms with Crippen molar-refractivity contribution in [2.24, 2.45) is 0 Å². The number of aryl methyl sites for hydroxylation is 1. The van der Waals surface area contributed by atoms with Crippen molar-refractivity contribution in [2.45, 2.75) is 39.2 Å². The third-order valence-electron chi connectivity index (χ3n) is 3.79. The van der Waals surface area contributed by atoms with Crippen molar-refractivity contribution in [1.82, 2.24) is 19.7 Å². The Balaban J connectivity index is 1.90. The molecule has 1 aliphatic rings. The van der Waals surface area contributed by atoms with Crippen LogP contribution in [-0.2, 0) is 13.0 Å². The Morgan fingerprint density at radius 3 is 2.91 bits per heavy atom. The second kappa shape index (κ2) is 5.71. The zero-order chi connectivity index (χ0) is 15.7. The minimum Gasteiger partial charge on any atom is -0.478 e. The summed E-state index contributed by atoms with van der Waals surface area (Å²) in [6, 6.07) is 0. The number of aromatic nitrogens is 4. The van der Waals surface area contributed by atoms with Crippen LogP contribution in [0.3, 0.4) is 0 Å². The summed E-state index contributed by atoms with van der Waals surface area (Å²) in [4.78, 5) is 19.7. The van der Waals surface area contributed by atoms with Crippen LogP contribution in [0.2, 0.25) is 0 Å². The Kier molecular flexibility index (Phi) is 3.75. The van der Waals surface area contributed by atoms with Crippen LogP contribution in [0.1, 0.15) is 59.3 Å². The van der Waals surface area contributed by atoms with E-state index < -0.39 is 5.97 Å². The van der Waals surface area contributed by atoms with E-state index in [2.05, 4.69) is 15.1 Å². The highest BCUT2D eigenvalue weighted by Gasteiger charge is 2.16. The van der Waals surface area contributed by atoms with E-state index in [1.165, 1.54) is 11.9 Å². The van der Waals surface area contributed by atoms with E-state index in [1.807, 2.05) is 36.9 Å². The van der Waals surface area contributed by atoms with Crippen molar-refractivity contribution in [3.8, 4) is 0 Å². The van der Waals surface area contributed by atoms with Crippen molar-refractivity contribution in [3.63, 3.8) is 0 Å². The summed E-state index contributed by atoms with van der Waals surface area (Å²) in [6.45, 7) is 4.82. The van der Waals surface area contributed by atoms with E-state index in [-0.39, 0.29) is 11.5 Å². The number of carbonyl (C=O) groups is 1. The summed E-state index contributed by atoms with van der Waals surface area (Å²) in [5, 5.41) is 13.5. The smallest absolute Gasteiger partial charge is 0.339 e. The highest BCUT2D eigenvalue weighted by molar-refractivity contribution is 5.88. The number of fused-ring (bicyclic) bond motifs is 1. The van der Waals surface area contributed by atoms with Gasteiger partial charge >= 0.3 is 5.97 Å². The lowest BCUT2D eigenvalue weighted by atomic mass is 10.1. The molecule has 0 unspecified atom stereocenters. The molecule has 0 spiro atoms. The fourth-order valence-corrected chi connectivity index (χ4v) is 2.69. The molecule has 3 rings (SSSR count). The molecule has 3 heterocycles. The summed E-state index contributed by atoms with van der Waals surface area (Å²) < 4.78 is 2.02. The maximum atomic E-state index is 11.2. The monoisotopic (exact) mass is 298 g/mol. The van der Waals surface area contributed by atoms with Crippen LogP contribution in [0, 0.1) is 0 Å². The van der Waals surface area contributed by atoms with Gasteiger partial charge in [0.2, 0.25) is 0 Å². The van der Waals surface area contributed by atoms with Gasteiger partial charge in [-0.25, -0.2) is 14.8 Å². The van der Waals surface area contributed by atoms with Crippen LogP contribution in [0.5, 0.6) is 0 Å². The summed E-state index contributed by atoms with van der Waals surface area (Å²) in [7, 11) is 0. The first kappa shape index (κ1) is 14.4. The van der Waals surface area contributed by atoms with Crippen molar-refractivity contribution in [1.29, 1.82) is 0 Å². The molecule has 0 aliphatic carbocycles. The van der Waals surface area contributed by atoms with Crippen molar-refractivity contribution >= 4 is 18.1 Å². The first-order valence-corrected chi connectivity index (χ1v) is 7.39. The third kappa shape index (κ3) is 2.64. The van der Waals surface area contributed by atoms with Crippen molar-refractivity contribution in [3.05, 3.63) is 40.7 Å². The van der Waals surface area contributed by atoms with E-state index in [9.17, 15) is 9.90 Å². The Morgan fingerprint density at radius 1 is 1.36 bits per heavy atom. The van der Waals surface area contributed by atoms with Gasteiger partial charge in [0.1, 0.15) is 0 Å². The van der Waals surface area contributed by atoms with Crippen molar-refractivity contribution in [2.75, 3.05) is 0 Å². The third-order valence-corrected chi connectivity index (χ3v) is 3.79. The van der Waals surface area contributed by atoms with Crippen LogP contribution >= 0.6 is 0 Å². The molecule has 0 aromatic carbocycles. The van der Waals surface area contributed by atoms with Crippen LogP contribution in [0.15, 0.2) is 12.4 Å². The Hall–Kier alpha value is -2.50. The first-order chi connectivity index (χ1) is 10.6.